The van der Waals surface area contributed by atoms with Crippen LogP contribution in [-0.4, -0.2) is 31.6 Å². The molecule has 0 amide bonds. The lowest BCUT2D eigenvalue weighted by Crippen LogP contribution is -2.29. The first-order chi connectivity index (χ1) is 7.49. The van der Waals surface area contributed by atoms with Crippen LogP contribution in [0.5, 0.6) is 0 Å². The second kappa shape index (κ2) is 6.74. The number of hydrogen-bond acceptors (Lipinski definition) is 3. The Kier molecular flexibility index (Phi) is 5.97. The Hall–Kier alpha value is 0.100. The lowest BCUT2D eigenvalue weighted by molar-refractivity contribution is 0.366. The molecule has 1 atom stereocenters. The third kappa shape index (κ3) is 4.95. The molecule has 0 radical (unpaired) electrons. The zero-order valence-corrected chi connectivity index (χ0v) is 12.9. The van der Waals surface area contributed by atoms with Crippen molar-refractivity contribution in [3.8, 4) is 0 Å². The van der Waals surface area contributed by atoms with Crippen LogP contribution in [0.3, 0.4) is 0 Å². The smallest absolute Gasteiger partial charge is 0.0314 e. The maximum absolute atomic E-state index is 3.56. The second-order valence-electron chi connectivity index (χ2n) is 4.49. The fourth-order valence-corrected chi connectivity index (χ4v) is 2.99. The summed E-state index contributed by atoms with van der Waals surface area (Å²) in [4.78, 5) is 4.99. The highest BCUT2D eigenvalue weighted by Crippen LogP contribution is 2.26. The summed E-state index contributed by atoms with van der Waals surface area (Å²) < 4.78 is 1.23. The van der Waals surface area contributed by atoms with Gasteiger partial charge >= 0.3 is 0 Å². The minimum Gasteiger partial charge on any atom is -0.309 e. The third-order valence-electron chi connectivity index (χ3n) is 2.54. The van der Waals surface area contributed by atoms with Crippen molar-refractivity contribution in [1.29, 1.82) is 0 Å². The van der Waals surface area contributed by atoms with E-state index >= 15 is 0 Å². The van der Waals surface area contributed by atoms with Gasteiger partial charge in [-0.3, -0.25) is 0 Å². The summed E-state index contributed by atoms with van der Waals surface area (Å²) in [6, 6.07) is 2.79. The highest BCUT2D eigenvalue weighted by Gasteiger charge is 2.05. The van der Waals surface area contributed by atoms with Gasteiger partial charge in [0, 0.05) is 26.8 Å². The van der Waals surface area contributed by atoms with E-state index in [1.54, 1.807) is 0 Å². The van der Waals surface area contributed by atoms with E-state index in [2.05, 4.69) is 60.2 Å². The number of rotatable bonds is 6. The SMILES string of the molecule is Cc1sc(CNC(C)CCN(C)C)cc1Br. The second-order valence-corrected chi connectivity index (χ2v) is 6.69. The molecule has 16 heavy (non-hydrogen) atoms. The molecular weight excluding hydrogens is 284 g/mol. The first kappa shape index (κ1) is 14.2. The van der Waals surface area contributed by atoms with Crippen molar-refractivity contribution < 1.29 is 0 Å². The summed E-state index contributed by atoms with van der Waals surface area (Å²) >= 11 is 5.41. The van der Waals surface area contributed by atoms with E-state index in [-0.39, 0.29) is 0 Å². The average molecular weight is 305 g/mol. The van der Waals surface area contributed by atoms with Crippen molar-refractivity contribution >= 4 is 27.3 Å². The summed E-state index contributed by atoms with van der Waals surface area (Å²) in [7, 11) is 4.24. The molecule has 0 aliphatic rings. The van der Waals surface area contributed by atoms with Crippen molar-refractivity contribution in [2.24, 2.45) is 0 Å². The Morgan fingerprint density at radius 2 is 2.19 bits per heavy atom. The van der Waals surface area contributed by atoms with Gasteiger partial charge in [-0.25, -0.2) is 0 Å². The highest BCUT2D eigenvalue weighted by molar-refractivity contribution is 9.10. The van der Waals surface area contributed by atoms with Gasteiger partial charge < -0.3 is 10.2 Å². The summed E-state index contributed by atoms with van der Waals surface area (Å²) in [5.74, 6) is 0. The molecule has 0 aromatic carbocycles. The molecule has 0 fully saturated rings. The molecule has 0 spiro atoms. The van der Waals surface area contributed by atoms with Gasteiger partial charge in [0.25, 0.3) is 0 Å². The molecule has 1 unspecified atom stereocenters. The molecule has 92 valence electrons. The van der Waals surface area contributed by atoms with Gasteiger partial charge in [0.05, 0.1) is 0 Å². The monoisotopic (exact) mass is 304 g/mol. The molecule has 1 N–H and O–H groups in total. The van der Waals surface area contributed by atoms with Crippen LogP contribution >= 0.6 is 27.3 Å². The Morgan fingerprint density at radius 3 is 2.69 bits per heavy atom. The van der Waals surface area contributed by atoms with E-state index in [4.69, 9.17) is 0 Å². The van der Waals surface area contributed by atoms with Crippen LogP contribution in [0.25, 0.3) is 0 Å². The number of nitrogens with one attached hydrogen (secondary N) is 1. The van der Waals surface area contributed by atoms with Gasteiger partial charge in [0.1, 0.15) is 0 Å². The van der Waals surface area contributed by atoms with Crippen molar-refractivity contribution in [2.75, 3.05) is 20.6 Å². The number of hydrogen-bond donors (Lipinski definition) is 1. The zero-order chi connectivity index (χ0) is 12.1. The predicted octanol–water partition coefficient (Wildman–Crippen LogP) is 3.25. The molecular formula is C12H21BrN2S. The molecule has 1 aromatic heterocycles. The number of thiophene rings is 1. The van der Waals surface area contributed by atoms with Gasteiger partial charge in [-0.2, -0.15) is 0 Å². The van der Waals surface area contributed by atoms with Crippen LogP contribution in [0.4, 0.5) is 0 Å². The van der Waals surface area contributed by atoms with Crippen molar-refractivity contribution in [2.45, 2.75) is 32.9 Å². The third-order valence-corrected chi connectivity index (χ3v) is 4.68. The number of halogens is 1. The Bertz CT molecular complexity index is 303. The highest BCUT2D eigenvalue weighted by atomic mass is 79.9. The van der Waals surface area contributed by atoms with Crippen LogP contribution in [-0.2, 0) is 6.54 Å². The van der Waals surface area contributed by atoms with E-state index in [9.17, 15) is 0 Å². The molecule has 1 aromatic rings. The first-order valence-electron chi connectivity index (χ1n) is 5.62. The summed E-state index contributed by atoms with van der Waals surface area (Å²) in [6.45, 7) is 6.51. The standard InChI is InChI=1S/C12H21BrN2S/c1-9(5-6-15(3)4)14-8-11-7-12(13)10(2)16-11/h7,9,14H,5-6,8H2,1-4H3. The maximum atomic E-state index is 3.56. The summed E-state index contributed by atoms with van der Waals surface area (Å²) in [5, 5.41) is 3.56. The minimum atomic E-state index is 0.573. The van der Waals surface area contributed by atoms with Gasteiger partial charge in [-0.1, -0.05) is 0 Å². The summed E-state index contributed by atoms with van der Waals surface area (Å²) in [6.07, 6.45) is 1.19. The van der Waals surface area contributed by atoms with Gasteiger partial charge in [0.15, 0.2) is 0 Å². The summed E-state index contributed by atoms with van der Waals surface area (Å²) in [5.41, 5.74) is 0. The number of nitrogens with zero attached hydrogens (tertiary/aromatic N) is 1. The van der Waals surface area contributed by atoms with Crippen molar-refractivity contribution in [1.82, 2.24) is 10.2 Å². The average Bonchev–Trinajstić information content (AvgIpc) is 2.52. The molecule has 0 aliphatic heterocycles. The van der Waals surface area contributed by atoms with Crippen molar-refractivity contribution in [3.05, 3.63) is 20.3 Å². The number of aryl methyl sites for hydroxylation is 1. The van der Waals surface area contributed by atoms with Crippen LogP contribution < -0.4 is 5.32 Å². The molecule has 1 heterocycles. The van der Waals surface area contributed by atoms with Crippen LogP contribution in [0.15, 0.2) is 10.5 Å². The fraction of sp³-hybridized carbons (Fsp3) is 0.667. The quantitative estimate of drug-likeness (QED) is 0.868. The fourth-order valence-electron chi connectivity index (χ4n) is 1.43. The van der Waals surface area contributed by atoms with Crippen molar-refractivity contribution in [3.63, 3.8) is 0 Å². The van der Waals surface area contributed by atoms with Crippen LogP contribution in [0.1, 0.15) is 23.1 Å². The van der Waals surface area contributed by atoms with E-state index in [0.717, 1.165) is 13.1 Å². The lowest BCUT2D eigenvalue weighted by Gasteiger charge is -2.16. The van der Waals surface area contributed by atoms with E-state index in [1.807, 2.05) is 11.3 Å². The Balaban J connectivity index is 2.28. The lowest BCUT2D eigenvalue weighted by atomic mass is 10.2. The van der Waals surface area contributed by atoms with Crippen LogP contribution in [0, 0.1) is 6.92 Å². The Labute approximate surface area is 111 Å². The van der Waals surface area contributed by atoms with E-state index in [1.165, 1.54) is 20.6 Å². The molecule has 0 bridgehead atoms. The molecule has 4 heteroatoms. The largest absolute Gasteiger partial charge is 0.309 e. The molecule has 0 saturated carbocycles. The normalized spacial score (nSPS) is 13.4. The van der Waals surface area contributed by atoms with Gasteiger partial charge in [0.2, 0.25) is 0 Å². The maximum Gasteiger partial charge on any atom is 0.0314 e. The molecule has 1 rings (SSSR count). The van der Waals surface area contributed by atoms with Crippen LogP contribution in [0.2, 0.25) is 0 Å². The molecule has 0 saturated heterocycles. The minimum absolute atomic E-state index is 0.573. The van der Waals surface area contributed by atoms with Gasteiger partial charge in [-0.15, -0.1) is 11.3 Å². The first-order valence-corrected chi connectivity index (χ1v) is 7.23. The van der Waals surface area contributed by atoms with Gasteiger partial charge in [-0.05, 0) is 62.9 Å². The Morgan fingerprint density at radius 1 is 1.50 bits per heavy atom. The topological polar surface area (TPSA) is 15.3 Å². The van der Waals surface area contributed by atoms with E-state index < -0.39 is 0 Å². The zero-order valence-electron chi connectivity index (χ0n) is 10.5. The molecule has 0 aliphatic carbocycles. The van der Waals surface area contributed by atoms with E-state index in [0.29, 0.717) is 6.04 Å². The predicted molar refractivity (Wildman–Crippen MR) is 76.2 cm³/mol. The molecule has 2 nitrogen and oxygen atoms in total.